The van der Waals surface area contributed by atoms with E-state index in [-0.39, 0.29) is 11.8 Å². The summed E-state index contributed by atoms with van der Waals surface area (Å²) in [5, 5.41) is 1.05. The molecule has 0 saturated carbocycles. The lowest BCUT2D eigenvalue weighted by molar-refractivity contribution is -0.122. The molecule has 1 aliphatic heterocycles. The molecule has 28 heavy (non-hydrogen) atoms. The molecule has 0 radical (unpaired) electrons. The molecule has 0 unspecified atom stereocenters. The maximum absolute atomic E-state index is 11.4. The molecule has 2 aromatic carbocycles. The van der Waals surface area contributed by atoms with Crippen LogP contribution in [0.3, 0.4) is 0 Å². The number of benzene rings is 2. The zero-order chi connectivity index (χ0) is 19.5. The van der Waals surface area contributed by atoms with Crippen LogP contribution in [0.4, 0.5) is 5.82 Å². The van der Waals surface area contributed by atoms with Crippen molar-refractivity contribution in [3.05, 3.63) is 64.6 Å². The van der Waals surface area contributed by atoms with Crippen molar-refractivity contribution in [2.24, 2.45) is 11.7 Å². The van der Waals surface area contributed by atoms with Crippen LogP contribution in [0.15, 0.2) is 59.1 Å². The van der Waals surface area contributed by atoms with E-state index >= 15 is 0 Å². The lowest BCUT2D eigenvalue weighted by Crippen LogP contribution is -2.38. The number of nitrogens with zero attached hydrogens (tertiary/aromatic N) is 2. The van der Waals surface area contributed by atoms with Crippen molar-refractivity contribution in [1.82, 2.24) is 4.98 Å². The standard InChI is InChI=1S/C22H22BrN3O2/c23-18-7-4-15(5-8-18)14-28-19-3-1-2-16-6-9-20(25-21(16)19)26-12-10-17(11-13-26)22(24)27/h1-9,17H,10-14H2,(H2,24,27). The second-order valence-corrected chi connectivity index (χ2v) is 7.99. The van der Waals surface area contributed by atoms with Crippen molar-refractivity contribution in [3.63, 3.8) is 0 Å². The Kier molecular flexibility index (Phi) is 5.48. The van der Waals surface area contributed by atoms with Crippen LogP contribution in [0.25, 0.3) is 10.9 Å². The van der Waals surface area contributed by atoms with Crippen LogP contribution >= 0.6 is 15.9 Å². The van der Waals surface area contributed by atoms with Gasteiger partial charge in [-0.25, -0.2) is 4.98 Å². The molecule has 6 heteroatoms. The number of hydrogen-bond donors (Lipinski definition) is 1. The molecule has 5 nitrogen and oxygen atoms in total. The minimum atomic E-state index is -0.199. The molecule has 4 rings (SSSR count). The second-order valence-electron chi connectivity index (χ2n) is 7.08. The molecule has 2 N–H and O–H groups in total. The summed E-state index contributed by atoms with van der Waals surface area (Å²) >= 11 is 3.45. The van der Waals surface area contributed by atoms with Gasteiger partial charge in [0.05, 0.1) is 0 Å². The average Bonchev–Trinajstić information content (AvgIpc) is 2.73. The summed E-state index contributed by atoms with van der Waals surface area (Å²) in [6.45, 7) is 2.06. The number of rotatable bonds is 5. The second kappa shape index (κ2) is 8.19. The van der Waals surface area contributed by atoms with Gasteiger partial charge in [-0.3, -0.25) is 4.79 Å². The Balaban J connectivity index is 1.54. The number of para-hydroxylation sites is 1. The molecular weight excluding hydrogens is 418 g/mol. The van der Waals surface area contributed by atoms with Gasteiger partial charge in [0.15, 0.2) is 0 Å². The summed E-state index contributed by atoms with van der Waals surface area (Å²) in [5.74, 6) is 1.46. The Morgan fingerprint density at radius 2 is 1.86 bits per heavy atom. The number of ether oxygens (including phenoxy) is 1. The van der Waals surface area contributed by atoms with Gasteiger partial charge in [-0.1, -0.05) is 40.2 Å². The topological polar surface area (TPSA) is 68.5 Å². The van der Waals surface area contributed by atoms with E-state index in [1.807, 2.05) is 48.5 Å². The minimum absolute atomic E-state index is 0.0264. The van der Waals surface area contributed by atoms with E-state index in [9.17, 15) is 4.79 Å². The molecule has 2 heterocycles. The zero-order valence-corrected chi connectivity index (χ0v) is 17.1. The third-order valence-electron chi connectivity index (χ3n) is 5.20. The summed E-state index contributed by atoms with van der Waals surface area (Å²) in [6, 6.07) is 18.2. The monoisotopic (exact) mass is 439 g/mol. The fourth-order valence-corrected chi connectivity index (χ4v) is 3.80. The quantitative estimate of drug-likeness (QED) is 0.643. The van der Waals surface area contributed by atoms with Crippen molar-refractivity contribution >= 4 is 38.6 Å². The maximum atomic E-state index is 11.4. The normalized spacial score (nSPS) is 15.0. The number of carbonyl (C=O) groups is 1. The van der Waals surface area contributed by atoms with Gasteiger partial charge in [0, 0.05) is 28.9 Å². The first-order valence-electron chi connectivity index (χ1n) is 9.41. The number of aromatic nitrogens is 1. The number of amides is 1. The van der Waals surface area contributed by atoms with Crippen molar-refractivity contribution in [3.8, 4) is 5.75 Å². The molecule has 0 spiro atoms. The highest BCUT2D eigenvalue weighted by Crippen LogP contribution is 2.29. The molecule has 1 aliphatic rings. The molecule has 1 saturated heterocycles. The van der Waals surface area contributed by atoms with E-state index < -0.39 is 0 Å². The number of piperidine rings is 1. The fraction of sp³-hybridized carbons (Fsp3) is 0.273. The predicted molar refractivity (Wildman–Crippen MR) is 114 cm³/mol. The zero-order valence-electron chi connectivity index (χ0n) is 15.5. The van der Waals surface area contributed by atoms with Gasteiger partial charge in [0.25, 0.3) is 0 Å². The van der Waals surface area contributed by atoms with Crippen LogP contribution in [0.1, 0.15) is 18.4 Å². The first-order chi connectivity index (χ1) is 13.6. The summed E-state index contributed by atoms with van der Waals surface area (Å²) in [7, 11) is 0. The number of nitrogens with two attached hydrogens (primary N) is 1. The predicted octanol–water partition coefficient (Wildman–Crippen LogP) is 4.28. The lowest BCUT2D eigenvalue weighted by atomic mass is 9.96. The van der Waals surface area contributed by atoms with E-state index in [0.29, 0.717) is 6.61 Å². The highest BCUT2D eigenvalue weighted by Gasteiger charge is 2.24. The Hall–Kier alpha value is -2.60. The van der Waals surface area contributed by atoms with Crippen molar-refractivity contribution in [2.75, 3.05) is 18.0 Å². The van der Waals surface area contributed by atoms with E-state index in [4.69, 9.17) is 15.5 Å². The summed E-state index contributed by atoms with van der Waals surface area (Å²) in [4.78, 5) is 18.5. The Morgan fingerprint density at radius 1 is 1.11 bits per heavy atom. The Bertz CT molecular complexity index is 983. The van der Waals surface area contributed by atoms with Gasteiger partial charge in [-0.05, 0) is 48.7 Å². The highest BCUT2D eigenvalue weighted by atomic mass is 79.9. The number of hydrogen-bond acceptors (Lipinski definition) is 4. The maximum Gasteiger partial charge on any atom is 0.220 e. The molecule has 1 aromatic heterocycles. The van der Waals surface area contributed by atoms with E-state index in [2.05, 4.69) is 26.9 Å². The summed E-state index contributed by atoms with van der Waals surface area (Å²) in [5.41, 5.74) is 7.40. The van der Waals surface area contributed by atoms with Crippen molar-refractivity contribution < 1.29 is 9.53 Å². The molecule has 144 valence electrons. The SMILES string of the molecule is NC(=O)C1CCN(c2ccc3cccc(OCc4ccc(Br)cc4)c3n2)CC1. The molecule has 1 amide bonds. The number of pyridine rings is 1. The minimum Gasteiger partial charge on any atom is -0.487 e. The molecule has 0 atom stereocenters. The van der Waals surface area contributed by atoms with E-state index in [1.54, 1.807) is 0 Å². The van der Waals surface area contributed by atoms with Gasteiger partial charge in [0.1, 0.15) is 23.7 Å². The third kappa shape index (κ3) is 4.12. The molecular formula is C22H22BrN3O2. The van der Waals surface area contributed by atoms with Crippen LogP contribution in [-0.4, -0.2) is 24.0 Å². The Labute approximate surface area is 172 Å². The third-order valence-corrected chi connectivity index (χ3v) is 5.73. The van der Waals surface area contributed by atoms with Gasteiger partial charge in [0.2, 0.25) is 5.91 Å². The van der Waals surface area contributed by atoms with E-state index in [1.165, 1.54) is 0 Å². The van der Waals surface area contributed by atoms with Crippen LogP contribution < -0.4 is 15.4 Å². The molecule has 0 aliphatic carbocycles. The van der Waals surface area contributed by atoms with Crippen LogP contribution in [-0.2, 0) is 11.4 Å². The van der Waals surface area contributed by atoms with Crippen LogP contribution in [0, 0.1) is 5.92 Å². The first-order valence-corrected chi connectivity index (χ1v) is 10.2. The molecule has 3 aromatic rings. The number of anilines is 1. The fourth-order valence-electron chi connectivity index (χ4n) is 3.54. The largest absolute Gasteiger partial charge is 0.487 e. The summed E-state index contributed by atoms with van der Waals surface area (Å²) in [6.07, 6.45) is 1.55. The number of carbonyl (C=O) groups excluding carboxylic acids is 1. The number of primary amides is 1. The van der Waals surface area contributed by atoms with Crippen LogP contribution in [0.2, 0.25) is 0 Å². The van der Waals surface area contributed by atoms with Crippen molar-refractivity contribution in [1.29, 1.82) is 0 Å². The van der Waals surface area contributed by atoms with Gasteiger partial charge in [-0.15, -0.1) is 0 Å². The highest BCUT2D eigenvalue weighted by molar-refractivity contribution is 9.10. The van der Waals surface area contributed by atoms with Gasteiger partial charge < -0.3 is 15.4 Å². The first kappa shape index (κ1) is 18.7. The average molecular weight is 440 g/mol. The number of fused-ring (bicyclic) bond motifs is 1. The van der Waals surface area contributed by atoms with Gasteiger partial charge in [-0.2, -0.15) is 0 Å². The molecule has 0 bridgehead atoms. The number of halogens is 1. The molecule has 1 fully saturated rings. The van der Waals surface area contributed by atoms with Crippen molar-refractivity contribution in [2.45, 2.75) is 19.4 Å². The van der Waals surface area contributed by atoms with E-state index in [0.717, 1.165) is 58.4 Å². The smallest absolute Gasteiger partial charge is 0.220 e. The van der Waals surface area contributed by atoms with Crippen LogP contribution in [0.5, 0.6) is 5.75 Å². The summed E-state index contributed by atoms with van der Waals surface area (Å²) < 4.78 is 7.13. The Morgan fingerprint density at radius 3 is 2.57 bits per heavy atom. The lowest BCUT2D eigenvalue weighted by Gasteiger charge is -2.31. The van der Waals surface area contributed by atoms with Gasteiger partial charge >= 0.3 is 0 Å².